The van der Waals surface area contributed by atoms with Crippen LogP contribution >= 0.6 is 0 Å². The first-order chi connectivity index (χ1) is 13.0. The van der Waals surface area contributed by atoms with Crippen molar-refractivity contribution in [2.75, 3.05) is 0 Å². The lowest BCUT2D eigenvalue weighted by atomic mass is 9.97. The van der Waals surface area contributed by atoms with Gasteiger partial charge in [-0.1, -0.05) is 54.6 Å². The van der Waals surface area contributed by atoms with Gasteiger partial charge in [-0.15, -0.1) is 0 Å². The number of nitrogens with zero attached hydrogens (tertiary/aromatic N) is 1. The fourth-order valence-electron chi connectivity index (χ4n) is 2.64. The highest BCUT2D eigenvalue weighted by Crippen LogP contribution is 2.30. The summed E-state index contributed by atoms with van der Waals surface area (Å²) in [5.41, 5.74) is 2.67. The smallest absolute Gasteiger partial charge is 0.278 e. The summed E-state index contributed by atoms with van der Waals surface area (Å²) in [7, 11) is 0. The Bertz CT molecular complexity index is 865. The monoisotopic (exact) mass is 368 g/mol. The van der Waals surface area contributed by atoms with E-state index < -0.39 is 17.6 Å². The van der Waals surface area contributed by atoms with Gasteiger partial charge in [0.15, 0.2) is 11.7 Å². The Morgan fingerprint density at radius 3 is 2.44 bits per heavy atom. The molecule has 2 atom stereocenters. The third kappa shape index (κ3) is 4.06. The maximum absolute atomic E-state index is 12.1. The number of hydrogen-bond donors (Lipinski definition) is 3. The van der Waals surface area contributed by atoms with Gasteiger partial charge in [-0.05, 0) is 23.6 Å². The second-order valence-electron chi connectivity index (χ2n) is 6.17. The van der Waals surface area contributed by atoms with Crippen LogP contribution in [0, 0.1) is 0 Å². The SMILES string of the molecule is C[C@](OCc1ccc(-c2ccccc2)cc1)(C(=O)NO)[C@H](O)c1ncco1. The Hall–Kier alpha value is -3.00. The Morgan fingerprint density at radius 2 is 1.85 bits per heavy atom. The van der Waals surface area contributed by atoms with Crippen molar-refractivity contribution in [3.8, 4) is 11.1 Å². The van der Waals surface area contributed by atoms with Gasteiger partial charge in [-0.25, -0.2) is 10.5 Å². The predicted octanol–water partition coefficient (Wildman–Crippen LogP) is 2.86. The van der Waals surface area contributed by atoms with Crippen molar-refractivity contribution in [1.29, 1.82) is 0 Å². The van der Waals surface area contributed by atoms with Crippen LogP contribution in [0.1, 0.15) is 24.5 Å². The number of carbonyl (C=O) groups excluding carboxylic acids is 1. The summed E-state index contributed by atoms with van der Waals surface area (Å²) in [6.45, 7) is 1.39. The van der Waals surface area contributed by atoms with Crippen molar-refractivity contribution in [2.24, 2.45) is 0 Å². The fraction of sp³-hybridized carbons (Fsp3) is 0.200. The van der Waals surface area contributed by atoms with Crippen LogP contribution in [-0.4, -0.2) is 26.8 Å². The normalized spacial score (nSPS) is 14.3. The molecule has 3 N–H and O–H groups in total. The Morgan fingerprint density at radius 1 is 1.19 bits per heavy atom. The van der Waals surface area contributed by atoms with Gasteiger partial charge < -0.3 is 14.3 Å². The molecule has 2 aromatic carbocycles. The molecular formula is C20H20N2O5. The molecule has 0 aliphatic heterocycles. The molecule has 0 saturated carbocycles. The minimum atomic E-state index is -1.79. The van der Waals surface area contributed by atoms with E-state index in [4.69, 9.17) is 14.4 Å². The number of hydrogen-bond acceptors (Lipinski definition) is 6. The van der Waals surface area contributed by atoms with Crippen molar-refractivity contribution in [3.05, 3.63) is 78.5 Å². The van der Waals surface area contributed by atoms with Crippen molar-refractivity contribution in [2.45, 2.75) is 25.2 Å². The lowest BCUT2D eigenvalue weighted by Crippen LogP contribution is -2.50. The van der Waals surface area contributed by atoms with E-state index in [0.29, 0.717) is 0 Å². The largest absolute Gasteiger partial charge is 0.446 e. The van der Waals surface area contributed by atoms with Crippen molar-refractivity contribution in [1.82, 2.24) is 10.5 Å². The molecule has 0 saturated heterocycles. The van der Waals surface area contributed by atoms with E-state index >= 15 is 0 Å². The molecule has 1 amide bonds. The number of oxazole rings is 1. The lowest BCUT2D eigenvalue weighted by molar-refractivity contribution is -0.176. The average Bonchev–Trinajstić information content (AvgIpc) is 3.26. The Labute approximate surface area is 156 Å². The minimum Gasteiger partial charge on any atom is -0.446 e. The summed E-state index contributed by atoms with van der Waals surface area (Å²) in [5.74, 6) is -0.991. The summed E-state index contributed by atoms with van der Waals surface area (Å²) in [4.78, 5) is 16.0. The van der Waals surface area contributed by atoms with Gasteiger partial charge in [0, 0.05) is 0 Å². The quantitative estimate of drug-likeness (QED) is 0.437. The van der Waals surface area contributed by atoms with E-state index in [1.54, 1.807) is 0 Å². The molecule has 140 valence electrons. The first kappa shape index (κ1) is 18.8. The highest BCUT2D eigenvalue weighted by Gasteiger charge is 2.45. The summed E-state index contributed by atoms with van der Waals surface area (Å²) in [6, 6.07) is 17.6. The molecule has 7 nitrogen and oxygen atoms in total. The maximum Gasteiger partial charge on any atom is 0.278 e. The Balaban J connectivity index is 1.75. The molecule has 0 fully saturated rings. The second kappa shape index (κ2) is 8.13. The highest BCUT2D eigenvalue weighted by molar-refractivity contribution is 5.84. The number of carbonyl (C=O) groups is 1. The predicted molar refractivity (Wildman–Crippen MR) is 96.5 cm³/mol. The van der Waals surface area contributed by atoms with Gasteiger partial charge in [0.1, 0.15) is 6.26 Å². The van der Waals surface area contributed by atoms with E-state index in [1.807, 2.05) is 54.6 Å². The minimum absolute atomic E-state index is 0.0385. The molecule has 1 aromatic heterocycles. The molecule has 1 heterocycles. The molecule has 0 aliphatic rings. The molecule has 0 aliphatic carbocycles. The van der Waals surface area contributed by atoms with Crippen LogP contribution in [0.5, 0.6) is 0 Å². The Kier molecular flexibility index (Phi) is 5.66. The van der Waals surface area contributed by atoms with Crippen molar-refractivity contribution in [3.63, 3.8) is 0 Å². The molecule has 0 radical (unpaired) electrons. The van der Waals surface area contributed by atoms with Gasteiger partial charge >= 0.3 is 0 Å². The van der Waals surface area contributed by atoms with Crippen LogP contribution in [0.3, 0.4) is 0 Å². The zero-order valence-electron chi connectivity index (χ0n) is 14.7. The summed E-state index contributed by atoms with van der Waals surface area (Å²) in [5, 5.41) is 19.5. The molecule has 0 spiro atoms. The maximum atomic E-state index is 12.1. The van der Waals surface area contributed by atoms with E-state index in [0.717, 1.165) is 16.7 Å². The number of hydroxylamine groups is 1. The summed E-state index contributed by atoms with van der Waals surface area (Å²) in [6.07, 6.45) is 1.12. The molecule has 3 aromatic rings. The number of aromatic nitrogens is 1. The van der Waals surface area contributed by atoms with Crippen molar-refractivity contribution >= 4 is 5.91 Å². The van der Waals surface area contributed by atoms with Crippen LogP contribution in [0.15, 0.2) is 71.5 Å². The lowest BCUT2D eigenvalue weighted by Gasteiger charge is -2.30. The van der Waals surface area contributed by atoms with E-state index in [1.165, 1.54) is 24.9 Å². The van der Waals surface area contributed by atoms with E-state index in [-0.39, 0.29) is 12.5 Å². The number of aliphatic hydroxyl groups is 1. The van der Waals surface area contributed by atoms with Gasteiger partial charge in [0.05, 0.1) is 12.8 Å². The van der Waals surface area contributed by atoms with Gasteiger partial charge in [0.2, 0.25) is 5.89 Å². The first-order valence-corrected chi connectivity index (χ1v) is 8.35. The first-order valence-electron chi connectivity index (χ1n) is 8.35. The summed E-state index contributed by atoms with van der Waals surface area (Å²) < 4.78 is 10.7. The van der Waals surface area contributed by atoms with Crippen LogP contribution < -0.4 is 5.48 Å². The molecule has 7 heteroatoms. The van der Waals surface area contributed by atoms with Crippen LogP contribution in [0.2, 0.25) is 0 Å². The molecular weight excluding hydrogens is 348 g/mol. The van der Waals surface area contributed by atoms with Crippen LogP contribution in [-0.2, 0) is 16.1 Å². The standard InChI is InChI=1S/C20H20N2O5/c1-20(19(24)22-25,17(23)18-21-11-12-26-18)27-13-14-7-9-16(10-8-14)15-5-3-2-4-6-15/h2-12,17,23,25H,13H2,1H3,(H,22,24)/t17-,20-/m1/s1. The fourth-order valence-corrected chi connectivity index (χ4v) is 2.64. The third-order valence-electron chi connectivity index (χ3n) is 4.36. The van der Waals surface area contributed by atoms with Gasteiger partial charge in [-0.2, -0.15) is 0 Å². The molecule has 3 rings (SSSR count). The number of nitrogens with one attached hydrogen (secondary N) is 1. The van der Waals surface area contributed by atoms with Crippen LogP contribution in [0.4, 0.5) is 0 Å². The molecule has 27 heavy (non-hydrogen) atoms. The number of rotatable bonds is 7. The topological polar surface area (TPSA) is 105 Å². The zero-order chi connectivity index (χ0) is 19.3. The van der Waals surface area contributed by atoms with Crippen LogP contribution in [0.25, 0.3) is 11.1 Å². The highest BCUT2D eigenvalue weighted by atomic mass is 16.5. The third-order valence-corrected chi connectivity index (χ3v) is 4.36. The second-order valence-corrected chi connectivity index (χ2v) is 6.17. The van der Waals surface area contributed by atoms with Crippen molar-refractivity contribution < 1.29 is 24.3 Å². The summed E-state index contributed by atoms with van der Waals surface area (Å²) >= 11 is 0. The zero-order valence-corrected chi connectivity index (χ0v) is 14.7. The average molecular weight is 368 g/mol. The number of benzene rings is 2. The van der Waals surface area contributed by atoms with E-state index in [9.17, 15) is 9.90 Å². The molecule has 0 bridgehead atoms. The molecule has 0 unspecified atom stereocenters. The van der Waals surface area contributed by atoms with Gasteiger partial charge in [0.25, 0.3) is 5.91 Å². The van der Waals surface area contributed by atoms with E-state index in [2.05, 4.69) is 4.98 Å². The van der Waals surface area contributed by atoms with Gasteiger partial charge in [-0.3, -0.25) is 10.0 Å². The number of ether oxygens (including phenoxy) is 1. The number of amides is 1. The number of aliphatic hydroxyl groups excluding tert-OH is 1.